The molecule has 0 spiro atoms. The number of aromatic amines is 1. The SMILES string of the molecule is Cc1cccc(NC(=O)c2c[nH]c3ccc(F)cc23)c1C. The first-order chi connectivity index (χ1) is 10.1. The second kappa shape index (κ2) is 5.05. The number of amides is 1. The molecule has 0 atom stereocenters. The largest absolute Gasteiger partial charge is 0.360 e. The van der Waals surface area contributed by atoms with Crippen LogP contribution in [0.3, 0.4) is 0 Å². The van der Waals surface area contributed by atoms with Gasteiger partial charge in [-0.15, -0.1) is 0 Å². The number of carbonyl (C=O) groups is 1. The van der Waals surface area contributed by atoms with E-state index in [1.165, 1.54) is 12.1 Å². The zero-order chi connectivity index (χ0) is 15.0. The molecule has 0 radical (unpaired) electrons. The lowest BCUT2D eigenvalue weighted by Gasteiger charge is -2.09. The minimum Gasteiger partial charge on any atom is -0.360 e. The normalized spacial score (nSPS) is 10.8. The highest BCUT2D eigenvalue weighted by Gasteiger charge is 2.14. The van der Waals surface area contributed by atoms with Crippen LogP contribution in [-0.2, 0) is 0 Å². The van der Waals surface area contributed by atoms with E-state index in [0.29, 0.717) is 10.9 Å². The molecule has 3 nitrogen and oxygen atoms in total. The van der Waals surface area contributed by atoms with Gasteiger partial charge in [0.25, 0.3) is 5.91 Å². The van der Waals surface area contributed by atoms with Crippen LogP contribution in [0.4, 0.5) is 10.1 Å². The summed E-state index contributed by atoms with van der Waals surface area (Å²) in [6, 6.07) is 10.1. The monoisotopic (exact) mass is 282 g/mol. The minimum absolute atomic E-state index is 0.249. The second-order valence-electron chi connectivity index (χ2n) is 5.09. The molecule has 2 N–H and O–H groups in total. The Morgan fingerprint density at radius 1 is 1.19 bits per heavy atom. The van der Waals surface area contributed by atoms with Crippen molar-refractivity contribution in [3.05, 3.63) is 65.1 Å². The van der Waals surface area contributed by atoms with E-state index < -0.39 is 0 Å². The highest BCUT2D eigenvalue weighted by molar-refractivity contribution is 6.13. The zero-order valence-corrected chi connectivity index (χ0v) is 11.8. The van der Waals surface area contributed by atoms with Gasteiger partial charge in [-0.1, -0.05) is 12.1 Å². The summed E-state index contributed by atoms with van der Waals surface area (Å²) in [5.41, 5.74) is 4.08. The van der Waals surface area contributed by atoms with Gasteiger partial charge in [-0.05, 0) is 49.2 Å². The molecule has 3 rings (SSSR count). The average Bonchev–Trinajstić information content (AvgIpc) is 2.87. The smallest absolute Gasteiger partial charge is 0.257 e. The summed E-state index contributed by atoms with van der Waals surface area (Å²) in [7, 11) is 0. The third-order valence-electron chi connectivity index (χ3n) is 3.74. The van der Waals surface area contributed by atoms with Crippen LogP contribution >= 0.6 is 0 Å². The van der Waals surface area contributed by atoms with E-state index in [1.807, 2.05) is 32.0 Å². The molecular formula is C17H15FN2O. The third-order valence-corrected chi connectivity index (χ3v) is 3.74. The first kappa shape index (κ1) is 13.4. The second-order valence-corrected chi connectivity index (χ2v) is 5.09. The summed E-state index contributed by atoms with van der Waals surface area (Å²) >= 11 is 0. The fourth-order valence-corrected chi connectivity index (χ4v) is 2.36. The van der Waals surface area contributed by atoms with E-state index in [-0.39, 0.29) is 11.7 Å². The Balaban J connectivity index is 1.97. The van der Waals surface area contributed by atoms with Crippen LogP contribution in [0.25, 0.3) is 10.9 Å². The number of hydrogen-bond acceptors (Lipinski definition) is 1. The van der Waals surface area contributed by atoms with Crippen molar-refractivity contribution in [2.45, 2.75) is 13.8 Å². The molecule has 106 valence electrons. The van der Waals surface area contributed by atoms with Crippen molar-refractivity contribution in [1.29, 1.82) is 0 Å². The summed E-state index contributed by atoms with van der Waals surface area (Å²) in [6.45, 7) is 3.95. The van der Waals surface area contributed by atoms with Crippen LogP contribution in [0, 0.1) is 19.7 Å². The zero-order valence-electron chi connectivity index (χ0n) is 11.8. The Labute approximate surface area is 121 Å². The molecular weight excluding hydrogens is 267 g/mol. The lowest BCUT2D eigenvalue weighted by Crippen LogP contribution is -2.12. The third kappa shape index (κ3) is 2.40. The van der Waals surface area contributed by atoms with Gasteiger partial charge < -0.3 is 10.3 Å². The lowest BCUT2D eigenvalue weighted by molar-refractivity contribution is 0.102. The van der Waals surface area contributed by atoms with Crippen molar-refractivity contribution in [1.82, 2.24) is 4.98 Å². The number of nitrogens with one attached hydrogen (secondary N) is 2. The van der Waals surface area contributed by atoms with Gasteiger partial charge in [-0.3, -0.25) is 4.79 Å². The topological polar surface area (TPSA) is 44.9 Å². The van der Waals surface area contributed by atoms with Crippen LogP contribution in [0.5, 0.6) is 0 Å². The number of aryl methyl sites for hydroxylation is 1. The van der Waals surface area contributed by atoms with Gasteiger partial charge in [0, 0.05) is 22.8 Å². The maximum absolute atomic E-state index is 13.4. The molecule has 0 unspecified atom stereocenters. The quantitative estimate of drug-likeness (QED) is 0.727. The number of hydrogen-bond donors (Lipinski definition) is 2. The Bertz CT molecular complexity index is 836. The van der Waals surface area contributed by atoms with Crippen molar-refractivity contribution in [2.75, 3.05) is 5.32 Å². The van der Waals surface area contributed by atoms with Crippen LogP contribution in [0.2, 0.25) is 0 Å². The van der Waals surface area contributed by atoms with Crippen molar-refractivity contribution < 1.29 is 9.18 Å². The summed E-state index contributed by atoms with van der Waals surface area (Å²) in [4.78, 5) is 15.4. The molecule has 0 aliphatic carbocycles. The molecule has 2 aromatic carbocycles. The minimum atomic E-state index is -0.358. The Morgan fingerprint density at radius 3 is 2.81 bits per heavy atom. The van der Waals surface area contributed by atoms with Crippen LogP contribution < -0.4 is 5.32 Å². The average molecular weight is 282 g/mol. The van der Waals surface area contributed by atoms with Crippen LogP contribution in [-0.4, -0.2) is 10.9 Å². The van der Waals surface area contributed by atoms with Crippen molar-refractivity contribution in [2.24, 2.45) is 0 Å². The van der Waals surface area contributed by atoms with Crippen molar-refractivity contribution in [3.8, 4) is 0 Å². The van der Waals surface area contributed by atoms with E-state index in [2.05, 4.69) is 10.3 Å². The van der Waals surface area contributed by atoms with Crippen LogP contribution in [0.15, 0.2) is 42.6 Å². The Hall–Kier alpha value is -2.62. The van der Waals surface area contributed by atoms with E-state index in [9.17, 15) is 9.18 Å². The highest BCUT2D eigenvalue weighted by Crippen LogP contribution is 2.23. The molecule has 0 saturated heterocycles. The molecule has 1 aromatic heterocycles. The van der Waals surface area contributed by atoms with Crippen molar-refractivity contribution in [3.63, 3.8) is 0 Å². The highest BCUT2D eigenvalue weighted by atomic mass is 19.1. The van der Waals surface area contributed by atoms with E-state index >= 15 is 0 Å². The van der Waals surface area contributed by atoms with Crippen molar-refractivity contribution >= 4 is 22.5 Å². The number of rotatable bonds is 2. The van der Waals surface area contributed by atoms with Gasteiger partial charge in [-0.25, -0.2) is 4.39 Å². The molecule has 0 aliphatic heterocycles. The standard InChI is InChI=1S/C17H15FN2O/c1-10-4-3-5-15(11(10)2)20-17(21)14-9-19-16-7-6-12(18)8-13(14)16/h3-9,19H,1-2H3,(H,20,21). The van der Waals surface area contributed by atoms with Gasteiger partial charge in [-0.2, -0.15) is 0 Å². The maximum atomic E-state index is 13.4. The molecule has 3 aromatic rings. The molecule has 4 heteroatoms. The van der Waals surface area contributed by atoms with E-state index in [0.717, 1.165) is 22.3 Å². The van der Waals surface area contributed by atoms with Gasteiger partial charge >= 0.3 is 0 Å². The first-order valence-corrected chi connectivity index (χ1v) is 6.70. The summed E-state index contributed by atoms with van der Waals surface area (Å²) in [6.07, 6.45) is 1.60. The lowest BCUT2D eigenvalue weighted by atomic mass is 10.1. The van der Waals surface area contributed by atoms with E-state index in [1.54, 1.807) is 12.3 Å². The Morgan fingerprint density at radius 2 is 2.00 bits per heavy atom. The fraction of sp³-hybridized carbons (Fsp3) is 0.118. The number of halogens is 1. The summed E-state index contributed by atoms with van der Waals surface area (Å²) < 4.78 is 13.4. The molecule has 1 heterocycles. The van der Waals surface area contributed by atoms with Gasteiger partial charge in [0.05, 0.1) is 5.56 Å². The maximum Gasteiger partial charge on any atom is 0.257 e. The Kier molecular flexibility index (Phi) is 3.22. The fourth-order valence-electron chi connectivity index (χ4n) is 2.36. The first-order valence-electron chi connectivity index (χ1n) is 6.70. The van der Waals surface area contributed by atoms with Gasteiger partial charge in [0.15, 0.2) is 0 Å². The molecule has 0 aliphatic rings. The molecule has 0 saturated carbocycles. The van der Waals surface area contributed by atoms with Gasteiger partial charge in [0.1, 0.15) is 5.82 Å². The number of benzene rings is 2. The number of anilines is 1. The molecule has 0 fully saturated rings. The number of H-pyrrole nitrogens is 1. The number of fused-ring (bicyclic) bond motifs is 1. The predicted molar refractivity (Wildman–Crippen MR) is 82.1 cm³/mol. The summed E-state index contributed by atoms with van der Waals surface area (Å²) in [5.74, 6) is -0.608. The predicted octanol–water partition coefficient (Wildman–Crippen LogP) is 4.18. The van der Waals surface area contributed by atoms with Gasteiger partial charge in [0.2, 0.25) is 0 Å². The molecule has 1 amide bonds. The van der Waals surface area contributed by atoms with E-state index in [4.69, 9.17) is 0 Å². The molecule has 21 heavy (non-hydrogen) atoms. The van der Waals surface area contributed by atoms with Crippen LogP contribution in [0.1, 0.15) is 21.5 Å². The number of carbonyl (C=O) groups excluding carboxylic acids is 1. The summed E-state index contributed by atoms with van der Waals surface area (Å²) in [5, 5.41) is 3.46. The number of aromatic nitrogens is 1. The molecule has 0 bridgehead atoms.